The monoisotopic (exact) mass is 148 g/mol. The van der Waals surface area contributed by atoms with E-state index < -0.39 is 0 Å². The van der Waals surface area contributed by atoms with E-state index in [1.54, 1.807) is 0 Å². The SMILES string of the molecule is CCCCCNCCO.N. The van der Waals surface area contributed by atoms with E-state index in [9.17, 15) is 0 Å². The van der Waals surface area contributed by atoms with Crippen LogP contribution in [0.3, 0.4) is 0 Å². The molecule has 0 aliphatic carbocycles. The summed E-state index contributed by atoms with van der Waals surface area (Å²) in [7, 11) is 0. The fraction of sp³-hybridized carbons (Fsp3) is 1.00. The lowest BCUT2D eigenvalue weighted by Crippen LogP contribution is -2.19. The van der Waals surface area contributed by atoms with Crippen molar-refractivity contribution in [3.8, 4) is 0 Å². The molecule has 0 aliphatic rings. The largest absolute Gasteiger partial charge is 0.395 e. The van der Waals surface area contributed by atoms with Gasteiger partial charge in [0.2, 0.25) is 0 Å². The minimum absolute atomic E-state index is 0. The van der Waals surface area contributed by atoms with Crippen molar-refractivity contribution >= 4 is 0 Å². The molecule has 0 aromatic carbocycles. The summed E-state index contributed by atoms with van der Waals surface area (Å²) in [6.07, 6.45) is 3.79. The highest BCUT2D eigenvalue weighted by Crippen LogP contribution is 1.90. The molecule has 10 heavy (non-hydrogen) atoms. The predicted octanol–water partition coefficient (Wildman–Crippen LogP) is 0.921. The lowest BCUT2D eigenvalue weighted by atomic mass is 10.2. The molecule has 0 bridgehead atoms. The number of unbranched alkanes of at least 4 members (excludes halogenated alkanes) is 2. The maximum Gasteiger partial charge on any atom is 0.0555 e. The van der Waals surface area contributed by atoms with Crippen molar-refractivity contribution < 1.29 is 5.11 Å². The van der Waals surface area contributed by atoms with Crippen LogP contribution in [0.25, 0.3) is 0 Å². The summed E-state index contributed by atoms with van der Waals surface area (Å²) in [5.41, 5.74) is 0. The van der Waals surface area contributed by atoms with Crippen LogP contribution in [0.5, 0.6) is 0 Å². The summed E-state index contributed by atoms with van der Waals surface area (Å²) in [5, 5.41) is 11.5. The summed E-state index contributed by atoms with van der Waals surface area (Å²) in [5.74, 6) is 0. The summed E-state index contributed by atoms with van der Waals surface area (Å²) < 4.78 is 0. The van der Waals surface area contributed by atoms with Crippen molar-refractivity contribution in [3.63, 3.8) is 0 Å². The Bertz CT molecular complexity index is 44.9. The molecule has 0 saturated heterocycles. The van der Waals surface area contributed by atoms with Gasteiger partial charge in [-0.3, -0.25) is 0 Å². The topological polar surface area (TPSA) is 67.3 Å². The molecule has 0 spiro atoms. The third-order valence-corrected chi connectivity index (χ3v) is 1.25. The van der Waals surface area contributed by atoms with Crippen LogP contribution in [-0.2, 0) is 0 Å². The van der Waals surface area contributed by atoms with Gasteiger partial charge in [0.25, 0.3) is 0 Å². The second-order valence-corrected chi connectivity index (χ2v) is 2.18. The van der Waals surface area contributed by atoms with E-state index in [0.29, 0.717) is 0 Å². The first-order chi connectivity index (χ1) is 4.41. The smallest absolute Gasteiger partial charge is 0.0555 e. The van der Waals surface area contributed by atoms with Gasteiger partial charge in [0.15, 0.2) is 0 Å². The molecule has 0 saturated carbocycles. The first-order valence-electron chi connectivity index (χ1n) is 3.73. The first kappa shape index (κ1) is 12.5. The van der Waals surface area contributed by atoms with Gasteiger partial charge < -0.3 is 16.6 Å². The highest BCUT2D eigenvalue weighted by Gasteiger charge is 1.84. The zero-order valence-corrected chi connectivity index (χ0v) is 6.90. The molecule has 0 amide bonds. The Balaban J connectivity index is 0. The Morgan fingerprint density at radius 2 is 1.90 bits per heavy atom. The molecule has 0 aromatic rings. The molecule has 5 N–H and O–H groups in total. The van der Waals surface area contributed by atoms with Gasteiger partial charge in [0, 0.05) is 6.54 Å². The lowest BCUT2D eigenvalue weighted by molar-refractivity contribution is 0.292. The molecule has 64 valence electrons. The van der Waals surface area contributed by atoms with Crippen molar-refractivity contribution in [1.29, 1.82) is 0 Å². The fourth-order valence-corrected chi connectivity index (χ4v) is 0.704. The molecule has 0 unspecified atom stereocenters. The number of aliphatic hydroxyl groups excluding tert-OH is 1. The second kappa shape index (κ2) is 11.6. The van der Waals surface area contributed by atoms with Crippen LogP contribution in [0, 0.1) is 0 Å². The van der Waals surface area contributed by atoms with Crippen LogP contribution in [0.1, 0.15) is 26.2 Å². The van der Waals surface area contributed by atoms with Gasteiger partial charge >= 0.3 is 0 Å². The zero-order chi connectivity index (χ0) is 6.95. The minimum Gasteiger partial charge on any atom is -0.395 e. The molecule has 3 nitrogen and oxygen atoms in total. The van der Waals surface area contributed by atoms with Crippen LogP contribution in [0.4, 0.5) is 0 Å². The number of aliphatic hydroxyl groups is 1. The maximum absolute atomic E-state index is 8.36. The standard InChI is InChI=1S/C7H17NO.H3N/c1-2-3-4-5-8-6-7-9;/h8-9H,2-7H2,1H3;1H3. The number of nitrogens with one attached hydrogen (secondary N) is 1. The normalized spacial score (nSPS) is 9.00. The molecule has 0 rings (SSSR count). The van der Waals surface area contributed by atoms with Gasteiger partial charge in [0.05, 0.1) is 6.61 Å². The summed E-state index contributed by atoms with van der Waals surface area (Å²) >= 11 is 0. The van der Waals surface area contributed by atoms with Crippen LogP contribution in [0.15, 0.2) is 0 Å². The van der Waals surface area contributed by atoms with Crippen LogP contribution >= 0.6 is 0 Å². The Kier molecular flexibility index (Phi) is 14.6. The molecule has 3 heteroatoms. The minimum atomic E-state index is 0. The third kappa shape index (κ3) is 10.8. The number of hydrogen-bond donors (Lipinski definition) is 3. The molecule has 0 aromatic heterocycles. The van der Waals surface area contributed by atoms with E-state index >= 15 is 0 Å². The summed E-state index contributed by atoms with van der Waals surface area (Å²) in [6, 6.07) is 0. The summed E-state index contributed by atoms with van der Waals surface area (Å²) in [6.45, 7) is 4.23. The Morgan fingerprint density at radius 1 is 1.20 bits per heavy atom. The highest BCUT2D eigenvalue weighted by atomic mass is 16.3. The van der Waals surface area contributed by atoms with Crippen molar-refractivity contribution in [1.82, 2.24) is 11.5 Å². The molecule has 0 radical (unpaired) electrons. The highest BCUT2D eigenvalue weighted by molar-refractivity contribution is 4.45. The van der Waals surface area contributed by atoms with Gasteiger partial charge in [-0.1, -0.05) is 19.8 Å². The van der Waals surface area contributed by atoms with Gasteiger partial charge in [-0.25, -0.2) is 0 Å². The van der Waals surface area contributed by atoms with Crippen LogP contribution < -0.4 is 11.5 Å². The van der Waals surface area contributed by atoms with E-state index in [0.717, 1.165) is 13.1 Å². The van der Waals surface area contributed by atoms with Gasteiger partial charge in [-0.15, -0.1) is 0 Å². The van der Waals surface area contributed by atoms with Crippen molar-refractivity contribution in [2.24, 2.45) is 0 Å². The molecule has 0 atom stereocenters. The average molecular weight is 148 g/mol. The van der Waals surface area contributed by atoms with Crippen molar-refractivity contribution in [3.05, 3.63) is 0 Å². The van der Waals surface area contributed by atoms with Crippen LogP contribution in [-0.4, -0.2) is 24.8 Å². The summed E-state index contributed by atoms with van der Waals surface area (Å²) in [4.78, 5) is 0. The van der Waals surface area contributed by atoms with Gasteiger partial charge in [-0.05, 0) is 13.0 Å². The predicted molar refractivity (Wildman–Crippen MR) is 44.5 cm³/mol. The maximum atomic E-state index is 8.36. The van der Waals surface area contributed by atoms with Crippen molar-refractivity contribution in [2.45, 2.75) is 26.2 Å². The molecule has 0 aliphatic heterocycles. The van der Waals surface area contributed by atoms with E-state index in [1.807, 2.05) is 0 Å². The lowest BCUT2D eigenvalue weighted by Gasteiger charge is -1.99. The van der Waals surface area contributed by atoms with E-state index in [4.69, 9.17) is 5.11 Å². The molecular weight excluding hydrogens is 128 g/mol. The molecule has 0 fully saturated rings. The van der Waals surface area contributed by atoms with E-state index in [1.165, 1.54) is 19.3 Å². The first-order valence-corrected chi connectivity index (χ1v) is 3.73. The molecular formula is C7H20N2O. The fourth-order valence-electron chi connectivity index (χ4n) is 0.704. The Hall–Kier alpha value is -0.120. The van der Waals surface area contributed by atoms with E-state index in [-0.39, 0.29) is 12.8 Å². The number of rotatable bonds is 6. The van der Waals surface area contributed by atoms with Crippen LogP contribution in [0.2, 0.25) is 0 Å². The Labute approximate surface area is 63.4 Å². The van der Waals surface area contributed by atoms with E-state index in [2.05, 4.69) is 12.2 Å². The Morgan fingerprint density at radius 3 is 2.40 bits per heavy atom. The van der Waals surface area contributed by atoms with Crippen molar-refractivity contribution in [2.75, 3.05) is 19.7 Å². The second-order valence-electron chi connectivity index (χ2n) is 2.18. The third-order valence-electron chi connectivity index (χ3n) is 1.25. The number of hydrogen-bond acceptors (Lipinski definition) is 3. The molecule has 0 heterocycles. The zero-order valence-electron chi connectivity index (χ0n) is 6.90. The van der Waals surface area contributed by atoms with Gasteiger partial charge in [0.1, 0.15) is 0 Å². The average Bonchev–Trinajstić information content (AvgIpc) is 1.89. The quantitative estimate of drug-likeness (QED) is 0.491. The van der Waals surface area contributed by atoms with Gasteiger partial charge in [-0.2, -0.15) is 0 Å².